The lowest BCUT2D eigenvalue weighted by molar-refractivity contribution is -0.104. The molecule has 3 aromatic rings. The number of ether oxygens (including phenoxy) is 4. The SMILES string of the molecule is C=CC=O.CCCCCCOc1ccc(C(=O)Oc2ccc(OC(=O)c3ccc(OCCCO)cc3)cc2)cc1. The van der Waals surface area contributed by atoms with E-state index in [-0.39, 0.29) is 6.61 Å². The molecule has 0 saturated heterocycles. The summed E-state index contributed by atoms with van der Waals surface area (Å²) in [6.07, 6.45) is 6.91. The Kier molecular flexibility index (Phi) is 14.9. The van der Waals surface area contributed by atoms with Crippen LogP contribution in [0, 0.1) is 0 Å². The van der Waals surface area contributed by atoms with Gasteiger partial charge in [-0.15, -0.1) is 0 Å². The maximum absolute atomic E-state index is 12.4. The Bertz CT molecular complexity index is 1160. The van der Waals surface area contributed by atoms with Gasteiger partial charge in [0.15, 0.2) is 0 Å². The first kappa shape index (κ1) is 31.8. The monoisotopic (exact) mass is 548 g/mol. The summed E-state index contributed by atoms with van der Waals surface area (Å²) in [5.41, 5.74) is 0.779. The molecule has 0 amide bonds. The molecule has 0 aliphatic heterocycles. The molecule has 3 aromatic carbocycles. The van der Waals surface area contributed by atoms with Crippen molar-refractivity contribution in [2.24, 2.45) is 0 Å². The van der Waals surface area contributed by atoms with E-state index in [9.17, 15) is 9.59 Å². The minimum absolute atomic E-state index is 0.0598. The van der Waals surface area contributed by atoms with Gasteiger partial charge in [0.25, 0.3) is 0 Å². The lowest BCUT2D eigenvalue weighted by Crippen LogP contribution is -2.10. The van der Waals surface area contributed by atoms with Crippen molar-refractivity contribution in [2.75, 3.05) is 19.8 Å². The van der Waals surface area contributed by atoms with Gasteiger partial charge in [-0.2, -0.15) is 0 Å². The van der Waals surface area contributed by atoms with Gasteiger partial charge in [0.2, 0.25) is 0 Å². The lowest BCUT2D eigenvalue weighted by atomic mass is 10.2. The molecule has 0 atom stereocenters. The Hall–Kier alpha value is -4.43. The number of unbranched alkanes of at least 4 members (excludes halogenated alkanes) is 3. The predicted molar refractivity (Wildman–Crippen MR) is 152 cm³/mol. The highest BCUT2D eigenvalue weighted by atomic mass is 16.5. The van der Waals surface area contributed by atoms with Gasteiger partial charge < -0.3 is 24.1 Å². The van der Waals surface area contributed by atoms with E-state index in [0.29, 0.717) is 54.3 Å². The fourth-order valence-electron chi connectivity index (χ4n) is 3.26. The number of aldehydes is 1. The van der Waals surface area contributed by atoms with Crippen LogP contribution in [0.3, 0.4) is 0 Å². The van der Waals surface area contributed by atoms with E-state index in [1.54, 1.807) is 72.8 Å². The van der Waals surface area contributed by atoms with Gasteiger partial charge in [0.05, 0.1) is 24.3 Å². The molecule has 0 unspecified atom stereocenters. The highest BCUT2D eigenvalue weighted by Gasteiger charge is 2.11. The predicted octanol–water partition coefficient (Wildman–Crippen LogP) is 6.22. The summed E-state index contributed by atoms with van der Waals surface area (Å²) in [6, 6.07) is 19.6. The molecule has 1 N–H and O–H groups in total. The Morgan fingerprint density at radius 1 is 0.675 bits per heavy atom. The summed E-state index contributed by atoms with van der Waals surface area (Å²) in [6.45, 7) is 6.40. The van der Waals surface area contributed by atoms with E-state index in [1.165, 1.54) is 18.9 Å². The van der Waals surface area contributed by atoms with Crippen molar-refractivity contribution in [1.82, 2.24) is 0 Å². The van der Waals surface area contributed by atoms with Crippen molar-refractivity contribution in [3.05, 3.63) is 96.6 Å². The molecule has 212 valence electrons. The number of hydrogen-bond donors (Lipinski definition) is 1. The number of carbonyl (C=O) groups excluding carboxylic acids is 3. The highest BCUT2D eigenvalue weighted by Crippen LogP contribution is 2.21. The molecule has 0 radical (unpaired) electrons. The molecule has 8 heteroatoms. The molecule has 8 nitrogen and oxygen atoms in total. The number of hydrogen-bond acceptors (Lipinski definition) is 8. The Labute approximate surface area is 235 Å². The number of aliphatic hydroxyl groups excluding tert-OH is 1. The molecule has 0 spiro atoms. The summed E-state index contributed by atoms with van der Waals surface area (Å²) >= 11 is 0. The fraction of sp³-hybridized carbons (Fsp3) is 0.281. The summed E-state index contributed by atoms with van der Waals surface area (Å²) in [4.78, 5) is 33.9. The van der Waals surface area contributed by atoms with E-state index < -0.39 is 11.9 Å². The van der Waals surface area contributed by atoms with Crippen LogP contribution in [-0.2, 0) is 4.79 Å². The van der Waals surface area contributed by atoms with Gasteiger partial charge in [-0.1, -0.05) is 32.8 Å². The smallest absolute Gasteiger partial charge is 0.343 e. The van der Waals surface area contributed by atoms with E-state index in [1.807, 2.05) is 0 Å². The molecular formula is C32H36O8. The Balaban J connectivity index is 0.00000131. The minimum Gasteiger partial charge on any atom is -0.494 e. The molecular weight excluding hydrogens is 512 g/mol. The number of benzene rings is 3. The summed E-state index contributed by atoms with van der Waals surface area (Å²) in [5.74, 6) is 0.975. The molecule has 40 heavy (non-hydrogen) atoms. The molecule has 0 saturated carbocycles. The van der Waals surface area contributed by atoms with Gasteiger partial charge in [-0.05, 0) is 85.3 Å². The van der Waals surface area contributed by atoms with Crippen LogP contribution in [-0.4, -0.2) is 43.2 Å². The van der Waals surface area contributed by atoms with Crippen LogP contribution in [0.25, 0.3) is 0 Å². The zero-order valence-electron chi connectivity index (χ0n) is 22.8. The largest absolute Gasteiger partial charge is 0.494 e. The van der Waals surface area contributed by atoms with Crippen LogP contribution in [0.5, 0.6) is 23.0 Å². The lowest BCUT2D eigenvalue weighted by Gasteiger charge is -2.09. The normalized spacial score (nSPS) is 9.95. The van der Waals surface area contributed by atoms with E-state index >= 15 is 0 Å². The average Bonchev–Trinajstić information content (AvgIpc) is 2.99. The highest BCUT2D eigenvalue weighted by molar-refractivity contribution is 5.92. The number of esters is 2. The Morgan fingerprint density at radius 3 is 1.45 bits per heavy atom. The first-order chi connectivity index (χ1) is 19.5. The zero-order chi connectivity index (χ0) is 29.0. The van der Waals surface area contributed by atoms with Crippen molar-refractivity contribution in [3.8, 4) is 23.0 Å². The number of carbonyl (C=O) groups is 3. The third-order valence-corrected chi connectivity index (χ3v) is 5.36. The third-order valence-electron chi connectivity index (χ3n) is 5.36. The van der Waals surface area contributed by atoms with Crippen molar-refractivity contribution in [1.29, 1.82) is 0 Å². The molecule has 0 aliphatic carbocycles. The van der Waals surface area contributed by atoms with Gasteiger partial charge in [-0.3, -0.25) is 4.79 Å². The zero-order valence-corrected chi connectivity index (χ0v) is 22.8. The van der Waals surface area contributed by atoms with Crippen LogP contribution in [0.4, 0.5) is 0 Å². The molecule has 0 aliphatic rings. The first-order valence-corrected chi connectivity index (χ1v) is 13.2. The van der Waals surface area contributed by atoms with Gasteiger partial charge in [-0.25, -0.2) is 9.59 Å². The summed E-state index contributed by atoms with van der Waals surface area (Å²) < 4.78 is 21.9. The van der Waals surface area contributed by atoms with Crippen molar-refractivity contribution >= 4 is 18.2 Å². The maximum Gasteiger partial charge on any atom is 0.343 e. The topological polar surface area (TPSA) is 108 Å². The third kappa shape index (κ3) is 12.0. The maximum atomic E-state index is 12.4. The number of aliphatic hydroxyl groups is 1. The van der Waals surface area contributed by atoms with Crippen molar-refractivity contribution in [2.45, 2.75) is 39.0 Å². The van der Waals surface area contributed by atoms with Crippen LogP contribution >= 0.6 is 0 Å². The Morgan fingerprint density at radius 2 is 1.07 bits per heavy atom. The van der Waals surface area contributed by atoms with Gasteiger partial charge in [0, 0.05) is 13.0 Å². The van der Waals surface area contributed by atoms with E-state index in [0.717, 1.165) is 18.6 Å². The van der Waals surface area contributed by atoms with Crippen molar-refractivity contribution < 1.29 is 38.4 Å². The molecule has 3 rings (SSSR count). The van der Waals surface area contributed by atoms with Crippen LogP contribution < -0.4 is 18.9 Å². The summed E-state index contributed by atoms with van der Waals surface area (Å²) in [5, 5.41) is 8.80. The second kappa shape index (κ2) is 18.8. The number of rotatable bonds is 15. The van der Waals surface area contributed by atoms with E-state index in [2.05, 4.69) is 13.5 Å². The van der Waals surface area contributed by atoms with Crippen LogP contribution in [0.1, 0.15) is 59.7 Å². The van der Waals surface area contributed by atoms with Gasteiger partial charge in [0.1, 0.15) is 29.3 Å². The fourth-order valence-corrected chi connectivity index (χ4v) is 3.26. The average molecular weight is 549 g/mol. The van der Waals surface area contributed by atoms with E-state index in [4.69, 9.17) is 28.8 Å². The second-order valence-corrected chi connectivity index (χ2v) is 8.51. The minimum atomic E-state index is -0.519. The molecule has 0 bridgehead atoms. The van der Waals surface area contributed by atoms with Crippen LogP contribution in [0.15, 0.2) is 85.5 Å². The number of allylic oxidation sites excluding steroid dienone is 1. The first-order valence-electron chi connectivity index (χ1n) is 13.2. The second-order valence-electron chi connectivity index (χ2n) is 8.51. The van der Waals surface area contributed by atoms with Crippen LogP contribution in [0.2, 0.25) is 0 Å². The quantitative estimate of drug-likeness (QED) is 0.0784. The summed E-state index contributed by atoms with van der Waals surface area (Å²) in [7, 11) is 0. The molecule has 0 heterocycles. The van der Waals surface area contributed by atoms with Crippen molar-refractivity contribution in [3.63, 3.8) is 0 Å². The molecule has 0 fully saturated rings. The standard InChI is InChI=1S/C29H32O7.C3H4O/c1-2-3-4-5-20-33-24-11-7-22(8-12-24)28(31)35-26-15-17-27(18-16-26)36-29(32)23-9-13-25(14-10-23)34-21-6-19-30;1-2-3-4/h7-18,30H,2-6,19-21H2,1H3;2-3H,1H2. The van der Waals surface area contributed by atoms with Gasteiger partial charge >= 0.3 is 11.9 Å². The molecule has 0 aromatic heterocycles.